The number of amides is 1. The molecule has 2 heterocycles. The first-order valence-corrected chi connectivity index (χ1v) is 7.77. The highest BCUT2D eigenvalue weighted by atomic mass is 16.5. The number of fused-ring (bicyclic) bond motifs is 1. The van der Waals surface area contributed by atoms with Crippen LogP contribution in [0.3, 0.4) is 0 Å². The predicted octanol–water partition coefficient (Wildman–Crippen LogP) is 1.49. The minimum atomic E-state index is -0.331. The standard InChI is InChI=1S/C18H20N2O3/c21-11-15(9-13-3-2-7-19-10-13)20-18(22)17-5-1-4-14-12-23-8-6-16(14)17/h1-5,7,10,15,21H,6,8-9,11-12H2,(H,20,22). The number of hydrogen-bond donors (Lipinski definition) is 2. The van der Waals surface area contributed by atoms with Crippen LogP contribution in [0.15, 0.2) is 42.7 Å². The monoisotopic (exact) mass is 312 g/mol. The average molecular weight is 312 g/mol. The van der Waals surface area contributed by atoms with Crippen molar-refractivity contribution in [3.8, 4) is 0 Å². The lowest BCUT2D eigenvalue weighted by Gasteiger charge is -2.21. The number of nitrogens with zero attached hydrogens (tertiary/aromatic N) is 1. The van der Waals surface area contributed by atoms with Crippen LogP contribution in [0.4, 0.5) is 0 Å². The molecular formula is C18H20N2O3. The van der Waals surface area contributed by atoms with Gasteiger partial charge in [-0.15, -0.1) is 0 Å². The van der Waals surface area contributed by atoms with E-state index in [1.165, 1.54) is 0 Å². The molecule has 1 amide bonds. The third kappa shape index (κ3) is 3.75. The largest absolute Gasteiger partial charge is 0.394 e. The highest BCUT2D eigenvalue weighted by molar-refractivity contribution is 5.96. The van der Waals surface area contributed by atoms with Crippen molar-refractivity contribution in [2.45, 2.75) is 25.5 Å². The van der Waals surface area contributed by atoms with E-state index < -0.39 is 0 Å². The molecular weight excluding hydrogens is 292 g/mol. The number of aliphatic hydroxyl groups is 1. The molecule has 1 atom stereocenters. The van der Waals surface area contributed by atoms with E-state index in [4.69, 9.17) is 4.74 Å². The zero-order chi connectivity index (χ0) is 16.1. The van der Waals surface area contributed by atoms with Gasteiger partial charge in [0.25, 0.3) is 5.91 Å². The Labute approximate surface area is 135 Å². The van der Waals surface area contributed by atoms with E-state index in [1.807, 2.05) is 30.3 Å². The maximum Gasteiger partial charge on any atom is 0.251 e. The van der Waals surface area contributed by atoms with Gasteiger partial charge in [0.2, 0.25) is 0 Å². The lowest BCUT2D eigenvalue weighted by atomic mass is 9.96. The van der Waals surface area contributed by atoms with Crippen LogP contribution in [0.25, 0.3) is 0 Å². The molecule has 5 heteroatoms. The second-order valence-electron chi connectivity index (χ2n) is 5.66. The van der Waals surface area contributed by atoms with E-state index in [1.54, 1.807) is 12.4 Å². The van der Waals surface area contributed by atoms with Crippen molar-refractivity contribution >= 4 is 5.91 Å². The molecule has 0 radical (unpaired) electrons. The van der Waals surface area contributed by atoms with Gasteiger partial charge in [0, 0.05) is 18.0 Å². The lowest BCUT2D eigenvalue weighted by molar-refractivity contribution is 0.0906. The van der Waals surface area contributed by atoms with Crippen LogP contribution in [-0.4, -0.2) is 35.3 Å². The summed E-state index contributed by atoms with van der Waals surface area (Å²) in [5.74, 6) is -0.147. The molecule has 0 bridgehead atoms. The van der Waals surface area contributed by atoms with Crippen LogP contribution in [0.1, 0.15) is 27.0 Å². The van der Waals surface area contributed by atoms with Gasteiger partial charge < -0.3 is 15.2 Å². The quantitative estimate of drug-likeness (QED) is 0.877. The van der Waals surface area contributed by atoms with Crippen LogP contribution in [0.2, 0.25) is 0 Å². The second kappa shape index (κ2) is 7.35. The Morgan fingerprint density at radius 1 is 1.35 bits per heavy atom. The fraction of sp³-hybridized carbons (Fsp3) is 0.333. The molecule has 0 saturated carbocycles. The summed E-state index contributed by atoms with van der Waals surface area (Å²) in [6.07, 6.45) is 4.74. The normalized spacial score (nSPS) is 14.8. The van der Waals surface area contributed by atoms with Gasteiger partial charge in [-0.3, -0.25) is 9.78 Å². The van der Waals surface area contributed by atoms with E-state index in [-0.39, 0.29) is 18.6 Å². The van der Waals surface area contributed by atoms with Gasteiger partial charge in [0.15, 0.2) is 0 Å². The fourth-order valence-corrected chi connectivity index (χ4v) is 2.86. The molecule has 1 aliphatic heterocycles. The van der Waals surface area contributed by atoms with E-state index in [0.717, 1.165) is 23.1 Å². The van der Waals surface area contributed by atoms with Gasteiger partial charge >= 0.3 is 0 Å². The minimum absolute atomic E-state index is 0.112. The van der Waals surface area contributed by atoms with E-state index >= 15 is 0 Å². The van der Waals surface area contributed by atoms with Crippen LogP contribution < -0.4 is 5.32 Å². The maximum atomic E-state index is 12.6. The Hall–Kier alpha value is -2.24. The Morgan fingerprint density at radius 2 is 2.26 bits per heavy atom. The number of pyridine rings is 1. The van der Waals surface area contributed by atoms with Crippen molar-refractivity contribution in [3.63, 3.8) is 0 Å². The molecule has 0 saturated heterocycles. The second-order valence-corrected chi connectivity index (χ2v) is 5.66. The number of rotatable bonds is 5. The summed E-state index contributed by atoms with van der Waals surface area (Å²) in [5.41, 5.74) is 3.77. The van der Waals surface area contributed by atoms with Crippen LogP contribution in [-0.2, 0) is 24.2 Å². The van der Waals surface area contributed by atoms with Crippen molar-refractivity contribution in [2.75, 3.05) is 13.2 Å². The van der Waals surface area contributed by atoms with Crippen molar-refractivity contribution < 1.29 is 14.6 Å². The molecule has 1 unspecified atom stereocenters. The summed E-state index contributed by atoms with van der Waals surface area (Å²) in [4.78, 5) is 16.7. The van der Waals surface area contributed by atoms with Gasteiger partial charge in [-0.05, 0) is 41.7 Å². The Bertz CT molecular complexity index is 673. The number of benzene rings is 1. The third-order valence-electron chi connectivity index (χ3n) is 4.03. The summed E-state index contributed by atoms with van der Waals surface area (Å²) in [6.45, 7) is 1.07. The molecule has 1 aliphatic rings. The fourth-order valence-electron chi connectivity index (χ4n) is 2.86. The molecule has 5 nitrogen and oxygen atoms in total. The summed E-state index contributed by atoms with van der Waals surface area (Å²) >= 11 is 0. The van der Waals surface area contributed by atoms with Gasteiger partial charge in [-0.2, -0.15) is 0 Å². The Balaban J connectivity index is 1.73. The number of hydrogen-bond acceptors (Lipinski definition) is 4. The molecule has 0 fully saturated rings. The van der Waals surface area contributed by atoms with Crippen molar-refractivity contribution in [1.82, 2.24) is 10.3 Å². The van der Waals surface area contributed by atoms with Crippen LogP contribution in [0, 0.1) is 0 Å². The number of carbonyl (C=O) groups is 1. The highest BCUT2D eigenvalue weighted by Crippen LogP contribution is 2.21. The topological polar surface area (TPSA) is 71.5 Å². The van der Waals surface area contributed by atoms with E-state index in [9.17, 15) is 9.90 Å². The number of aliphatic hydroxyl groups excluding tert-OH is 1. The molecule has 1 aromatic heterocycles. The zero-order valence-corrected chi connectivity index (χ0v) is 12.9. The summed E-state index contributed by atoms with van der Waals surface area (Å²) in [5, 5.41) is 12.5. The summed E-state index contributed by atoms with van der Waals surface area (Å²) in [7, 11) is 0. The minimum Gasteiger partial charge on any atom is -0.394 e. The molecule has 0 spiro atoms. The zero-order valence-electron chi connectivity index (χ0n) is 12.9. The number of nitrogens with one attached hydrogen (secondary N) is 1. The van der Waals surface area contributed by atoms with Crippen molar-refractivity contribution in [2.24, 2.45) is 0 Å². The molecule has 3 rings (SSSR count). The number of aromatic nitrogens is 1. The summed E-state index contributed by atoms with van der Waals surface area (Å²) < 4.78 is 5.43. The first kappa shape index (κ1) is 15.6. The maximum absolute atomic E-state index is 12.6. The molecule has 1 aromatic carbocycles. The Kier molecular flexibility index (Phi) is 5.00. The van der Waals surface area contributed by atoms with Crippen molar-refractivity contribution in [1.29, 1.82) is 0 Å². The summed E-state index contributed by atoms with van der Waals surface area (Å²) in [6, 6.07) is 9.14. The first-order valence-electron chi connectivity index (χ1n) is 7.77. The van der Waals surface area contributed by atoms with Gasteiger partial charge in [0.1, 0.15) is 0 Å². The number of carbonyl (C=O) groups excluding carboxylic acids is 1. The SMILES string of the molecule is O=C(NC(CO)Cc1cccnc1)c1cccc2c1CCOC2. The molecule has 120 valence electrons. The van der Waals surface area contributed by atoms with Crippen LogP contribution >= 0.6 is 0 Å². The highest BCUT2D eigenvalue weighted by Gasteiger charge is 2.20. The molecule has 2 aromatic rings. The third-order valence-corrected chi connectivity index (χ3v) is 4.03. The predicted molar refractivity (Wildman–Crippen MR) is 86.1 cm³/mol. The van der Waals surface area contributed by atoms with Crippen LogP contribution in [0.5, 0.6) is 0 Å². The lowest BCUT2D eigenvalue weighted by Crippen LogP contribution is -2.39. The van der Waals surface area contributed by atoms with E-state index in [0.29, 0.717) is 25.2 Å². The first-order chi connectivity index (χ1) is 11.3. The molecule has 0 aliphatic carbocycles. The van der Waals surface area contributed by atoms with Crippen molar-refractivity contribution in [3.05, 3.63) is 65.0 Å². The van der Waals surface area contributed by atoms with Gasteiger partial charge in [0.05, 0.1) is 25.9 Å². The Morgan fingerprint density at radius 3 is 3.04 bits per heavy atom. The average Bonchev–Trinajstić information content (AvgIpc) is 2.61. The molecule has 2 N–H and O–H groups in total. The smallest absolute Gasteiger partial charge is 0.251 e. The molecule has 23 heavy (non-hydrogen) atoms. The van der Waals surface area contributed by atoms with Gasteiger partial charge in [-0.1, -0.05) is 18.2 Å². The van der Waals surface area contributed by atoms with E-state index in [2.05, 4.69) is 10.3 Å². The number of ether oxygens (including phenoxy) is 1. The van der Waals surface area contributed by atoms with Gasteiger partial charge in [-0.25, -0.2) is 0 Å².